The average molecular weight is 270 g/mol. The second kappa shape index (κ2) is 9.37. The highest BCUT2D eigenvalue weighted by molar-refractivity contribution is 6.31. The molecule has 1 N–H and O–H groups in total. The number of hydrogen-bond acceptors (Lipinski definition) is 2. The molecular weight excluding hydrogens is 246 g/mol. The minimum atomic E-state index is 0.473. The van der Waals surface area contributed by atoms with E-state index in [4.69, 9.17) is 16.3 Å². The van der Waals surface area contributed by atoms with E-state index in [0.29, 0.717) is 5.92 Å². The minimum absolute atomic E-state index is 0.473. The zero-order valence-electron chi connectivity index (χ0n) is 11.4. The molecule has 18 heavy (non-hydrogen) atoms. The Kier molecular flexibility index (Phi) is 8.06. The third kappa shape index (κ3) is 5.38. The van der Waals surface area contributed by atoms with E-state index in [0.717, 1.165) is 44.0 Å². The van der Waals surface area contributed by atoms with Crippen LogP contribution in [-0.2, 0) is 4.74 Å². The number of ether oxygens (including phenoxy) is 1. The molecule has 0 aromatic heterocycles. The van der Waals surface area contributed by atoms with Crippen LogP contribution >= 0.6 is 11.6 Å². The Morgan fingerprint density at radius 3 is 2.78 bits per heavy atom. The third-order valence-corrected chi connectivity index (χ3v) is 3.41. The number of hydrogen-bond donors (Lipinski definition) is 1. The molecule has 1 aromatic carbocycles. The number of benzene rings is 1. The first kappa shape index (κ1) is 15.5. The molecule has 0 aliphatic rings. The number of halogens is 1. The highest BCUT2D eigenvalue weighted by Gasteiger charge is 2.13. The summed E-state index contributed by atoms with van der Waals surface area (Å²) in [5.74, 6) is 0.473. The fourth-order valence-corrected chi connectivity index (χ4v) is 2.39. The number of rotatable bonds is 9. The van der Waals surface area contributed by atoms with Crippen LogP contribution in [0.25, 0.3) is 0 Å². The monoisotopic (exact) mass is 269 g/mol. The maximum Gasteiger partial charge on any atom is 0.0462 e. The fraction of sp³-hybridized carbons (Fsp3) is 0.600. The molecule has 2 nitrogen and oxygen atoms in total. The molecule has 3 heteroatoms. The van der Waals surface area contributed by atoms with Crippen molar-refractivity contribution >= 4 is 11.6 Å². The molecule has 1 rings (SSSR count). The lowest BCUT2D eigenvalue weighted by Crippen LogP contribution is -2.22. The standard InChI is InChI=1S/C15H24ClNO/c1-3-10-17-12-13(7-6-11-18-2)14-8-4-5-9-15(14)16/h4-5,8-9,13,17H,3,6-7,10-12H2,1-2H3. The van der Waals surface area contributed by atoms with E-state index in [1.807, 2.05) is 12.1 Å². The van der Waals surface area contributed by atoms with Crippen LogP contribution in [0, 0.1) is 0 Å². The van der Waals surface area contributed by atoms with E-state index in [1.54, 1.807) is 7.11 Å². The molecule has 0 radical (unpaired) electrons. The summed E-state index contributed by atoms with van der Waals surface area (Å²) >= 11 is 6.29. The second-order valence-electron chi connectivity index (χ2n) is 4.56. The number of methoxy groups -OCH3 is 1. The van der Waals surface area contributed by atoms with Gasteiger partial charge in [0.15, 0.2) is 0 Å². The summed E-state index contributed by atoms with van der Waals surface area (Å²) < 4.78 is 5.13. The lowest BCUT2D eigenvalue weighted by molar-refractivity contribution is 0.190. The summed E-state index contributed by atoms with van der Waals surface area (Å²) in [6.45, 7) is 5.05. The Hall–Kier alpha value is -0.570. The smallest absolute Gasteiger partial charge is 0.0462 e. The van der Waals surface area contributed by atoms with Gasteiger partial charge in [0.2, 0.25) is 0 Å². The first-order chi connectivity index (χ1) is 8.79. The van der Waals surface area contributed by atoms with Crippen molar-refractivity contribution < 1.29 is 4.74 Å². The van der Waals surface area contributed by atoms with Gasteiger partial charge in [-0.15, -0.1) is 0 Å². The maximum absolute atomic E-state index is 6.29. The van der Waals surface area contributed by atoms with Gasteiger partial charge < -0.3 is 10.1 Å². The zero-order chi connectivity index (χ0) is 13.2. The summed E-state index contributed by atoms with van der Waals surface area (Å²) in [6, 6.07) is 8.15. The number of nitrogens with one attached hydrogen (secondary N) is 1. The van der Waals surface area contributed by atoms with Crippen molar-refractivity contribution in [2.24, 2.45) is 0 Å². The van der Waals surface area contributed by atoms with E-state index < -0.39 is 0 Å². The van der Waals surface area contributed by atoms with E-state index in [-0.39, 0.29) is 0 Å². The van der Waals surface area contributed by atoms with Crippen LogP contribution in [0.5, 0.6) is 0 Å². The van der Waals surface area contributed by atoms with Gasteiger partial charge in [-0.1, -0.05) is 36.7 Å². The van der Waals surface area contributed by atoms with E-state index in [1.165, 1.54) is 5.56 Å². The first-order valence-electron chi connectivity index (χ1n) is 6.73. The second-order valence-corrected chi connectivity index (χ2v) is 4.96. The fourth-order valence-electron chi connectivity index (χ4n) is 2.10. The molecule has 0 heterocycles. The van der Waals surface area contributed by atoms with Crippen molar-refractivity contribution in [3.63, 3.8) is 0 Å². The normalized spacial score (nSPS) is 12.6. The van der Waals surface area contributed by atoms with Crippen molar-refractivity contribution in [3.05, 3.63) is 34.9 Å². The van der Waals surface area contributed by atoms with Gasteiger partial charge in [-0.3, -0.25) is 0 Å². The minimum Gasteiger partial charge on any atom is -0.385 e. The largest absolute Gasteiger partial charge is 0.385 e. The quantitative estimate of drug-likeness (QED) is 0.688. The molecule has 0 saturated heterocycles. The molecule has 0 aliphatic heterocycles. The maximum atomic E-state index is 6.29. The van der Waals surface area contributed by atoms with Crippen LogP contribution in [0.1, 0.15) is 37.7 Å². The predicted octanol–water partition coefficient (Wildman–Crippen LogP) is 3.85. The summed E-state index contributed by atoms with van der Waals surface area (Å²) in [5.41, 5.74) is 1.25. The van der Waals surface area contributed by atoms with Crippen LogP contribution in [0.15, 0.2) is 24.3 Å². The molecule has 0 fully saturated rings. The average Bonchev–Trinajstić information content (AvgIpc) is 2.38. The molecule has 0 saturated carbocycles. The van der Waals surface area contributed by atoms with Crippen molar-refractivity contribution in [2.75, 3.05) is 26.8 Å². The zero-order valence-corrected chi connectivity index (χ0v) is 12.2. The van der Waals surface area contributed by atoms with Gasteiger partial charge in [0.1, 0.15) is 0 Å². The Morgan fingerprint density at radius 1 is 1.33 bits per heavy atom. The van der Waals surface area contributed by atoms with Crippen LogP contribution in [0.4, 0.5) is 0 Å². The molecule has 0 amide bonds. The predicted molar refractivity (Wildman–Crippen MR) is 78.5 cm³/mol. The van der Waals surface area contributed by atoms with Crippen LogP contribution in [0.2, 0.25) is 5.02 Å². The van der Waals surface area contributed by atoms with Crippen molar-refractivity contribution in [1.82, 2.24) is 5.32 Å². The highest BCUT2D eigenvalue weighted by Crippen LogP contribution is 2.27. The Labute approximate surface area is 116 Å². The Balaban J connectivity index is 2.60. The molecule has 0 bridgehead atoms. The first-order valence-corrected chi connectivity index (χ1v) is 7.11. The SMILES string of the molecule is CCCNCC(CCCOC)c1ccccc1Cl. The van der Waals surface area contributed by atoms with E-state index in [2.05, 4.69) is 24.4 Å². The Morgan fingerprint density at radius 2 is 2.11 bits per heavy atom. The molecule has 1 aromatic rings. The van der Waals surface area contributed by atoms with Crippen molar-refractivity contribution in [1.29, 1.82) is 0 Å². The molecule has 102 valence electrons. The molecule has 0 spiro atoms. The van der Waals surface area contributed by atoms with Crippen LogP contribution < -0.4 is 5.32 Å². The van der Waals surface area contributed by atoms with Crippen molar-refractivity contribution in [2.45, 2.75) is 32.1 Å². The lowest BCUT2D eigenvalue weighted by Gasteiger charge is -2.19. The lowest BCUT2D eigenvalue weighted by atomic mass is 9.94. The van der Waals surface area contributed by atoms with E-state index >= 15 is 0 Å². The van der Waals surface area contributed by atoms with Gasteiger partial charge in [-0.2, -0.15) is 0 Å². The molecule has 1 atom stereocenters. The van der Waals surface area contributed by atoms with Gasteiger partial charge in [-0.25, -0.2) is 0 Å². The molecular formula is C15H24ClNO. The summed E-state index contributed by atoms with van der Waals surface area (Å²) in [6.07, 6.45) is 3.34. The Bertz CT molecular complexity index is 320. The third-order valence-electron chi connectivity index (χ3n) is 3.06. The van der Waals surface area contributed by atoms with Gasteiger partial charge in [0.25, 0.3) is 0 Å². The van der Waals surface area contributed by atoms with Crippen molar-refractivity contribution in [3.8, 4) is 0 Å². The topological polar surface area (TPSA) is 21.3 Å². The molecule has 0 aliphatic carbocycles. The summed E-state index contributed by atoms with van der Waals surface area (Å²) in [7, 11) is 1.75. The van der Waals surface area contributed by atoms with Gasteiger partial charge in [-0.05, 0) is 43.4 Å². The van der Waals surface area contributed by atoms with Gasteiger partial charge >= 0.3 is 0 Å². The van der Waals surface area contributed by atoms with Crippen LogP contribution in [-0.4, -0.2) is 26.8 Å². The van der Waals surface area contributed by atoms with Gasteiger partial charge in [0.05, 0.1) is 0 Å². The summed E-state index contributed by atoms with van der Waals surface area (Å²) in [4.78, 5) is 0. The van der Waals surface area contributed by atoms with Gasteiger partial charge in [0, 0.05) is 25.3 Å². The van der Waals surface area contributed by atoms with E-state index in [9.17, 15) is 0 Å². The molecule has 1 unspecified atom stereocenters. The summed E-state index contributed by atoms with van der Waals surface area (Å²) in [5, 5.41) is 4.36. The highest BCUT2D eigenvalue weighted by atomic mass is 35.5. The van der Waals surface area contributed by atoms with Crippen LogP contribution in [0.3, 0.4) is 0 Å².